The zero-order valence-electron chi connectivity index (χ0n) is 9.36. The highest BCUT2D eigenvalue weighted by Crippen LogP contribution is 2.30. The molecule has 0 aromatic heterocycles. The molecule has 1 aliphatic carbocycles. The number of carbonyl (C=O) groups excluding carboxylic acids is 2. The zero-order valence-corrected chi connectivity index (χ0v) is 9.36. The molecule has 0 amide bonds. The minimum Gasteiger partial charge on any atom is -0.463 e. The van der Waals surface area contributed by atoms with Crippen LogP contribution in [0, 0.1) is 11.8 Å². The number of Topliss-reactive ketones (excluding diaryl/α,β-unsaturated/α-hetero) is 1. The van der Waals surface area contributed by atoms with Crippen LogP contribution in [0.5, 0.6) is 0 Å². The van der Waals surface area contributed by atoms with Gasteiger partial charge in [0, 0.05) is 0 Å². The van der Waals surface area contributed by atoms with E-state index in [0.717, 1.165) is 25.7 Å². The number of hydrogen-bond donors (Lipinski definition) is 1. The van der Waals surface area contributed by atoms with Crippen LogP contribution in [0.2, 0.25) is 0 Å². The average Bonchev–Trinajstić information content (AvgIpc) is 2.27. The number of ketones is 1. The van der Waals surface area contributed by atoms with E-state index in [-0.39, 0.29) is 5.92 Å². The predicted octanol–water partition coefficient (Wildman–Crippen LogP) is 0.882. The van der Waals surface area contributed by atoms with E-state index in [0.29, 0.717) is 5.92 Å². The fraction of sp³-hybridized carbons (Fsp3) is 0.818. The molecule has 86 valence electrons. The van der Waals surface area contributed by atoms with Crippen molar-refractivity contribution in [1.82, 2.24) is 0 Å². The molecule has 0 aliphatic heterocycles. The van der Waals surface area contributed by atoms with E-state index < -0.39 is 17.8 Å². The Morgan fingerprint density at radius 2 is 1.80 bits per heavy atom. The second kappa shape index (κ2) is 5.26. The molecule has 0 radical (unpaired) electrons. The van der Waals surface area contributed by atoms with Crippen molar-refractivity contribution in [1.29, 1.82) is 0 Å². The van der Waals surface area contributed by atoms with E-state index in [2.05, 4.69) is 11.7 Å². The lowest BCUT2D eigenvalue weighted by Crippen LogP contribution is -2.43. The summed E-state index contributed by atoms with van der Waals surface area (Å²) in [5, 5.41) is 0. The van der Waals surface area contributed by atoms with E-state index in [1.165, 1.54) is 7.11 Å². The van der Waals surface area contributed by atoms with Crippen LogP contribution < -0.4 is 5.73 Å². The summed E-state index contributed by atoms with van der Waals surface area (Å²) in [5.74, 6) is -0.548. The smallest absolute Gasteiger partial charge is 0.376 e. The highest BCUT2D eigenvalue weighted by Gasteiger charge is 2.32. The molecule has 1 aliphatic rings. The van der Waals surface area contributed by atoms with E-state index in [1.54, 1.807) is 0 Å². The van der Waals surface area contributed by atoms with Crippen LogP contribution in [0.3, 0.4) is 0 Å². The molecular weight excluding hydrogens is 194 g/mol. The number of esters is 1. The molecule has 0 aromatic carbocycles. The Morgan fingerprint density at radius 3 is 2.27 bits per heavy atom. The fourth-order valence-electron chi connectivity index (χ4n) is 2.10. The number of methoxy groups -OCH3 is 1. The number of hydrogen-bond acceptors (Lipinski definition) is 4. The van der Waals surface area contributed by atoms with Crippen molar-refractivity contribution >= 4 is 11.8 Å². The monoisotopic (exact) mass is 213 g/mol. The van der Waals surface area contributed by atoms with E-state index in [1.807, 2.05) is 0 Å². The van der Waals surface area contributed by atoms with Gasteiger partial charge in [0.2, 0.25) is 0 Å². The second-order valence-electron chi connectivity index (χ2n) is 4.40. The van der Waals surface area contributed by atoms with E-state index in [9.17, 15) is 9.59 Å². The average molecular weight is 213 g/mol. The van der Waals surface area contributed by atoms with Crippen LogP contribution in [0.4, 0.5) is 0 Å². The molecule has 0 saturated heterocycles. The molecule has 1 rings (SSSR count). The first-order valence-corrected chi connectivity index (χ1v) is 5.44. The minimum atomic E-state index is -0.818. The Balaban J connectivity index is 2.49. The molecule has 1 atom stereocenters. The summed E-state index contributed by atoms with van der Waals surface area (Å²) in [5.41, 5.74) is 5.76. The van der Waals surface area contributed by atoms with Gasteiger partial charge in [0.25, 0.3) is 5.78 Å². The van der Waals surface area contributed by atoms with Gasteiger partial charge in [-0.1, -0.05) is 19.8 Å². The van der Waals surface area contributed by atoms with Gasteiger partial charge >= 0.3 is 5.97 Å². The Bertz CT molecular complexity index is 244. The minimum absolute atomic E-state index is 0.146. The molecular formula is C11H19NO3. The standard InChI is InChI=1S/C11H19NO3/c1-7-3-5-8(6-4-7)9(12)10(13)11(14)15-2/h7-9H,3-6,12H2,1-2H3/t7?,8?,9-/m0/s1. The molecule has 0 heterocycles. The van der Waals surface area contributed by atoms with Gasteiger partial charge < -0.3 is 10.5 Å². The van der Waals surface area contributed by atoms with Gasteiger partial charge in [-0.05, 0) is 24.7 Å². The third-order valence-corrected chi connectivity index (χ3v) is 3.26. The van der Waals surface area contributed by atoms with Gasteiger partial charge in [0.15, 0.2) is 0 Å². The van der Waals surface area contributed by atoms with E-state index >= 15 is 0 Å². The van der Waals surface area contributed by atoms with Crippen molar-refractivity contribution in [2.24, 2.45) is 17.6 Å². The van der Waals surface area contributed by atoms with Crippen molar-refractivity contribution in [3.63, 3.8) is 0 Å². The molecule has 0 bridgehead atoms. The molecule has 15 heavy (non-hydrogen) atoms. The second-order valence-corrected chi connectivity index (χ2v) is 4.40. The lowest BCUT2D eigenvalue weighted by Gasteiger charge is -2.29. The molecule has 0 aromatic rings. The van der Waals surface area contributed by atoms with Crippen LogP contribution >= 0.6 is 0 Å². The highest BCUT2D eigenvalue weighted by molar-refractivity contribution is 6.35. The molecule has 0 unspecified atom stereocenters. The summed E-state index contributed by atoms with van der Waals surface area (Å²) in [6.45, 7) is 2.20. The van der Waals surface area contributed by atoms with Crippen LogP contribution in [-0.4, -0.2) is 24.9 Å². The molecule has 4 heteroatoms. The SMILES string of the molecule is COC(=O)C(=O)[C@@H](N)C1CCC(C)CC1. The maximum absolute atomic E-state index is 11.5. The van der Waals surface area contributed by atoms with Gasteiger partial charge in [0.1, 0.15) is 0 Å². The first-order chi connectivity index (χ1) is 7.06. The van der Waals surface area contributed by atoms with Crippen molar-refractivity contribution in [3.05, 3.63) is 0 Å². The maximum atomic E-state index is 11.5. The Morgan fingerprint density at radius 1 is 1.27 bits per heavy atom. The lowest BCUT2D eigenvalue weighted by molar-refractivity contribution is -0.152. The van der Waals surface area contributed by atoms with Crippen molar-refractivity contribution in [2.75, 3.05) is 7.11 Å². The summed E-state index contributed by atoms with van der Waals surface area (Å²) < 4.78 is 4.38. The Kier molecular flexibility index (Phi) is 4.27. The largest absolute Gasteiger partial charge is 0.463 e. The number of ether oxygens (including phenoxy) is 1. The molecule has 4 nitrogen and oxygen atoms in total. The molecule has 1 fully saturated rings. The first-order valence-electron chi connectivity index (χ1n) is 5.44. The summed E-state index contributed by atoms with van der Waals surface area (Å²) in [7, 11) is 1.20. The topological polar surface area (TPSA) is 69.4 Å². The summed E-state index contributed by atoms with van der Waals surface area (Å²) in [6, 6.07) is -0.676. The zero-order chi connectivity index (χ0) is 11.4. The third kappa shape index (κ3) is 3.02. The normalized spacial score (nSPS) is 28.2. The number of rotatable bonds is 3. The maximum Gasteiger partial charge on any atom is 0.376 e. The lowest BCUT2D eigenvalue weighted by atomic mass is 9.78. The van der Waals surface area contributed by atoms with Crippen LogP contribution in [-0.2, 0) is 14.3 Å². The number of nitrogens with two attached hydrogens (primary N) is 1. The van der Waals surface area contributed by atoms with Gasteiger partial charge in [-0.2, -0.15) is 0 Å². The molecule has 0 spiro atoms. The third-order valence-electron chi connectivity index (χ3n) is 3.26. The fourth-order valence-corrected chi connectivity index (χ4v) is 2.10. The van der Waals surface area contributed by atoms with Gasteiger partial charge in [-0.3, -0.25) is 4.79 Å². The summed E-state index contributed by atoms with van der Waals surface area (Å²) in [4.78, 5) is 22.5. The summed E-state index contributed by atoms with van der Waals surface area (Å²) >= 11 is 0. The van der Waals surface area contributed by atoms with Crippen LogP contribution in [0.25, 0.3) is 0 Å². The highest BCUT2D eigenvalue weighted by atomic mass is 16.5. The quantitative estimate of drug-likeness (QED) is 0.558. The number of carbonyl (C=O) groups is 2. The van der Waals surface area contributed by atoms with Crippen LogP contribution in [0.15, 0.2) is 0 Å². The van der Waals surface area contributed by atoms with Crippen LogP contribution in [0.1, 0.15) is 32.6 Å². The van der Waals surface area contributed by atoms with Crippen molar-refractivity contribution < 1.29 is 14.3 Å². The first kappa shape index (κ1) is 12.2. The van der Waals surface area contributed by atoms with Gasteiger partial charge in [0.05, 0.1) is 13.2 Å². The van der Waals surface area contributed by atoms with Gasteiger partial charge in [-0.15, -0.1) is 0 Å². The summed E-state index contributed by atoms with van der Waals surface area (Å²) in [6.07, 6.45) is 4.05. The molecule has 1 saturated carbocycles. The Labute approximate surface area is 90.2 Å². The van der Waals surface area contributed by atoms with E-state index in [4.69, 9.17) is 5.73 Å². The molecule has 2 N–H and O–H groups in total. The predicted molar refractivity (Wildman–Crippen MR) is 56.1 cm³/mol. The van der Waals surface area contributed by atoms with Gasteiger partial charge in [-0.25, -0.2) is 4.79 Å². The van der Waals surface area contributed by atoms with Crippen molar-refractivity contribution in [3.8, 4) is 0 Å². The van der Waals surface area contributed by atoms with Crippen molar-refractivity contribution in [2.45, 2.75) is 38.6 Å². The Hall–Kier alpha value is -0.900.